The summed E-state index contributed by atoms with van der Waals surface area (Å²) in [5, 5.41) is 1.81. The number of fused-ring (bicyclic) bond motifs is 6. The third-order valence-electron chi connectivity index (χ3n) is 12.3. The van der Waals surface area contributed by atoms with Gasteiger partial charge in [0.25, 0.3) is 0 Å². The average molecular weight is 1060 g/mol. The van der Waals surface area contributed by atoms with Gasteiger partial charge in [-0.1, -0.05) is 149 Å². The number of nitrogens with zero attached hydrogens (tertiary/aromatic N) is 4. The van der Waals surface area contributed by atoms with Gasteiger partial charge < -0.3 is 18.4 Å². The van der Waals surface area contributed by atoms with Gasteiger partial charge in [-0.05, 0) is 105 Å². The molecular weight excluding hydrogens is 1010 g/mol. The fourth-order valence-corrected chi connectivity index (χ4v) is 9.03. The van der Waals surface area contributed by atoms with Gasteiger partial charge in [-0.3, -0.25) is 4.98 Å². The van der Waals surface area contributed by atoms with Gasteiger partial charge in [0, 0.05) is 48.5 Å². The molecule has 4 aromatic heterocycles. The second kappa shape index (κ2) is 18.9. The summed E-state index contributed by atoms with van der Waals surface area (Å²) in [5.41, 5.74) is 16.5. The van der Waals surface area contributed by atoms with Crippen LogP contribution in [0.4, 0.5) is 0 Å². The first-order chi connectivity index (χ1) is 32.9. The van der Waals surface area contributed by atoms with E-state index in [0.29, 0.717) is 22.6 Å². The Labute approximate surface area is 409 Å². The molecule has 12 rings (SSSR count). The number of pyridine rings is 1. The Hall–Kier alpha value is -7.70. The van der Waals surface area contributed by atoms with Crippen molar-refractivity contribution in [2.24, 2.45) is 0 Å². The molecule has 0 unspecified atom stereocenters. The molecule has 0 aliphatic carbocycles. The number of imidazole rings is 1. The van der Waals surface area contributed by atoms with Crippen molar-refractivity contribution in [2.75, 3.05) is 0 Å². The van der Waals surface area contributed by atoms with E-state index < -0.39 is 0 Å². The summed E-state index contributed by atoms with van der Waals surface area (Å²) in [6.45, 7) is 9.10. The summed E-state index contributed by atoms with van der Waals surface area (Å²) < 4.78 is 16.0. The monoisotopic (exact) mass is 1060 g/mol. The predicted octanol–water partition coefficient (Wildman–Crippen LogP) is 16.3. The smallest absolute Gasteiger partial charge is 0.216 e. The second-order valence-electron chi connectivity index (χ2n) is 17.4. The zero-order valence-electron chi connectivity index (χ0n) is 38.1. The van der Waals surface area contributed by atoms with Crippen molar-refractivity contribution >= 4 is 44.1 Å². The van der Waals surface area contributed by atoms with Crippen LogP contribution in [-0.4, -0.2) is 19.5 Å². The van der Waals surface area contributed by atoms with Gasteiger partial charge in [0.05, 0.1) is 28.0 Å². The third kappa shape index (κ3) is 8.25. The third-order valence-corrected chi connectivity index (χ3v) is 12.3. The maximum absolute atomic E-state index is 6.97. The fourth-order valence-electron chi connectivity index (χ4n) is 9.03. The minimum Gasteiger partial charge on any atom is -0.500 e. The number of rotatable bonds is 8. The number of hydrogen-bond acceptors (Lipinski definition) is 5. The first-order valence-electron chi connectivity index (χ1n) is 22.8. The minimum atomic E-state index is 0. The van der Waals surface area contributed by atoms with Crippen LogP contribution in [0.2, 0.25) is 0 Å². The molecule has 0 saturated carbocycles. The van der Waals surface area contributed by atoms with Crippen LogP contribution in [0.1, 0.15) is 50.7 Å². The molecule has 0 aliphatic rings. The molecule has 0 amide bonds. The molecule has 1 radical (unpaired) electrons. The molecule has 0 fully saturated rings. The van der Waals surface area contributed by atoms with Crippen LogP contribution in [0.5, 0.6) is 0 Å². The molecule has 0 aliphatic heterocycles. The number of aromatic nitrogens is 4. The van der Waals surface area contributed by atoms with Gasteiger partial charge in [0.2, 0.25) is 5.89 Å². The molecule has 7 heteroatoms. The standard InChI is InChI=1S/C50H38N3O2.C11H8N.Ir/c1-30(2)38-26-36(33-18-10-6-11-19-33)27-39(31(3)4)46(38)53-43-23-15-14-22-41(43)51-49(53)40-29-42-48(55-50(52-42)34-20-12-7-13-21-34)45-37-25-24-35(28-44(37)54-47(40)45)32-16-8-5-9-17-32;1-2-6-10(7-3-1)11-8-4-5-9-12-11;/h5-28,30-31H,1-4H3;1-6,8-9H;/q2*-1;. The largest absolute Gasteiger partial charge is 0.500 e. The van der Waals surface area contributed by atoms with Crippen molar-refractivity contribution in [3.05, 3.63) is 218 Å². The number of hydrogen-bond donors (Lipinski definition) is 0. The van der Waals surface area contributed by atoms with E-state index in [4.69, 9.17) is 18.8 Å². The average Bonchev–Trinajstić information content (AvgIpc) is 4.11. The predicted molar refractivity (Wildman–Crippen MR) is 273 cm³/mol. The van der Waals surface area contributed by atoms with E-state index in [2.05, 4.69) is 153 Å². The van der Waals surface area contributed by atoms with E-state index in [1.165, 1.54) is 22.3 Å². The summed E-state index contributed by atoms with van der Waals surface area (Å²) in [6.07, 6.45) is 1.79. The van der Waals surface area contributed by atoms with Gasteiger partial charge in [-0.25, -0.2) is 4.98 Å². The first kappa shape index (κ1) is 44.2. The quantitative estimate of drug-likeness (QED) is 0.142. The Balaban J connectivity index is 0.000000361. The maximum atomic E-state index is 6.97. The topological polar surface area (TPSA) is 69.9 Å². The Kier molecular flexibility index (Phi) is 12.3. The van der Waals surface area contributed by atoms with E-state index in [1.807, 2.05) is 84.9 Å². The normalized spacial score (nSPS) is 11.4. The van der Waals surface area contributed by atoms with Crippen LogP contribution >= 0.6 is 0 Å². The van der Waals surface area contributed by atoms with Crippen LogP contribution in [0.25, 0.3) is 106 Å². The molecule has 0 spiro atoms. The SMILES string of the molecule is CC(C)c1cc(-c2ccccc2)cc(C(C)C)c1-n1c(-c2[c-]c3nc(-c4ccccc4)oc3c3c2oc2cc(-c4ccccc4)ccc23)nc2ccccc21.[Ir].[c-]1ccccc1-c1ccccn1. The van der Waals surface area contributed by atoms with E-state index in [1.54, 1.807) is 6.20 Å². The van der Waals surface area contributed by atoms with Crippen molar-refractivity contribution in [3.63, 3.8) is 0 Å². The number of oxazole rings is 1. The van der Waals surface area contributed by atoms with Crippen LogP contribution < -0.4 is 0 Å². The van der Waals surface area contributed by atoms with E-state index >= 15 is 0 Å². The molecule has 68 heavy (non-hydrogen) atoms. The minimum absolute atomic E-state index is 0. The Morgan fingerprint density at radius 2 is 1.18 bits per heavy atom. The Bertz CT molecular complexity index is 3610. The van der Waals surface area contributed by atoms with Crippen molar-refractivity contribution in [3.8, 4) is 62.0 Å². The molecule has 0 bridgehead atoms. The van der Waals surface area contributed by atoms with Gasteiger partial charge in [0.1, 0.15) is 5.58 Å². The Morgan fingerprint density at radius 3 is 1.82 bits per heavy atom. The van der Waals surface area contributed by atoms with Crippen LogP contribution in [0.15, 0.2) is 203 Å². The van der Waals surface area contributed by atoms with Crippen molar-refractivity contribution < 1.29 is 28.9 Å². The summed E-state index contributed by atoms with van der Waals surface area (Å²) in [4.78, 5) is 14.7. The number of furan rings is 1. The molecule has 0 saturated heterocycles. The van der Waals surface area contributed by atoms with Gasteiger partial charge in [-0.2, -0.15) is 0 Å². The zero-order valence-corrected chi connectivity index (χ0v) is 40.5. The van der Waals surface area contributed by atoms with Crippen LogP contribution in [0.3, 0.4) is 0 Å². The molecule has 0 N–H and O–H groups in total. The second-order valence-corrected chi connectivity index (χ2v) is 17.4. The number of para-hydroxylation sites is 2. The fraction of sp³-hybridized carbons (Fsp3) is 0.0984. The summed E-state index contributed by atoms with van der Waals surface area (Å²) in [6, 6.07) is 71.1. The van der Waals surface area contributed by atoms with Gasteiger partial charge >= 0.3 is 0 Å². The van der Waals surface area contributed by atoms with E-state index in [0.717, 1.165) is 72.4 Å². The summed E-state index contributed by atoms with van der Waals surface area (Å²) in [7, 11) is 0. The Morgan fingerprint density at radius 1 is 0.544 bits per heavy atom. The molecule has 12 aromatic rings. The molecular formula is C61H46IrN4O2-2. The van der Waals surface area contributed by atoms with Crippen LogP contribution in [0, 0.1) is 12.1 Å². The number of benzene rings is 8. The van der Waals surface area contributed by atoms with Gasteiger partial charge in [0.15, 0.2) is 0 Å². The van der Waals surface area contributed by atoms with Crippen molar-refractivity contribution in [2.45, 2.75) is 39.5 Å². The molecule has 6 nitrogen and oxygen atoms in total. The van der Waals surface area contributed by atoms with E-state index in [9.17, 15) is 0 Å². The summed E-state index contributed by atoms with van der Waals surface area (Å²) in [5.74, 6) is 1.73. The molecule has 333 valence electrons. The van der Waals surface area contributed by atoms with Crippen molar-refractivity contribution in [1.82, 2.24) is 19.5 Å². The molecule has 8 aromatic carbocycles. The molecule has 0 atom stereocenters. The van der Waals surface area contributed by atoms with Crippen LogP contribution in [-0.2, 0) is 20.1 Å². The van der Waals surface area contributed by atoms with Gasteiger partial charge in [-0.15, -0.1) is 42.0 Å². The van der Waals surface area contributed by atoms with E-state index in [-0.39, 0.29) is 31.9 Å². The molecule has 4 heterocycles. The maximum Gasteiger partial charge on any atom is 0.216 e. The van der Waals surface area contributed by atoms with Crippen molar-refractivity contribution in [1.29, 1.82) is 0 Å². The summed E-state index contributed by atoms with van der Waals surface area (Å²) >= 11 is 0. The zero-order chi connectivity index (χ0) is 45.4. The first-order valence-corrected chi connectivity index (χ1v) is 22.8.